The number of piperidine rings is 1. The number of rotatable bonds is 4. The van der Waals surface area contributed by atoms with Crippen LogP contribution >= 0.6 is 0 Å². The molecular formula is C12H19F3N4O. The molecule has 0 saturated carbocycles. The molecule has 1 aromatic heterocycles. The van der Waals surface area contributed by atoms with E-state index in [0.717, 1.165) is 19.8 Å². The van der Waals surface area contributed by atoms with Crippen LogP contribution in [-0.4, -0.2) is 56.4 Å². The van der Waals surface area contributed by atoms with Gasteiger partial charge in [0.1, 0.15) is 0 Å². The van der Waals surface area contributed by atoms with Crippen molar-refractivity contribution in [2.24, 2.45) is 5.92 Å². The topological polar surface area (TPSA) is 54.2 Å². The van der Waals surface area contributed by atoms with Crippen molar-refractivity contribution < 1.29 is 18.3 Å². The molecule has 0 amide bonds. The number of hydrogen-bond donors (Lipinski definition) is 1. The van der Waals surface area contributed by atoms with Crippen molar-refractivity contribution in [1.29, 1.82) is 0 Å². The minimum Gasteiger partial charge on any atom is -0.380 e. The van der Waals surface area contributed by atoms with Gasteiger partial charge < -0.3 is 5.11 Å². The van der Waals surface area contributed by atoms with Crippen LogP contribution in [0.1, 0.15) is 19.8 Å². The van der Waals surface area contributed by atoms with Gasteiger partial charge in [0.25, 0.3) is 0 Å². The Kier molecular flexibility index (Phi) is 4.33. The fourth-order valence-electron chi connectivity index (χ4n) is 2.56. The second kappa shape index (κ2) is 5.69. The Balaban J connectivity index is 1.90. The summed E-state index contributed by atoms with van der Waals surface area (Å²) >= 11 is 0. The third-order valence-electron chi connectivity index (χ3n) is 3.66. The molecule has 1 fully saturated rings. The summed E-state index contributed by atoms with van der Waals surface area (Å²) < 4.78 is 39.8. The molecule has 114 valence electrons. The van der Waals surface area contributed by atoms with E-state index >= 15 is 0 Å². The van der Waals surface area contributed by atoms with Crippen LogP contribution in [0.5, 0.6) is 0 Å². The first-order valence-corrected chi connectivity index (χ1v) is 6.63. The third-order valence-corrected chi connectivity index (χ3v) is 3.66. The second-order valence-electron chi connectivity index (χ2n) is 5.64. The van der Waals surface area contributed by atoms with Crippen LogP contribution in [0.3, 0.4) is 0 Å². The Hall–Kier alpha value is -1.15. The summed E-state index contributed by atoms with van der Waals surface area (Å²) in [6.45, 7) is 2.20. The standard InChI is InChI=1S/C12H19F3N4O/c1-11(20,12(13,14)15)9-18-5-2-3-10(7-18)8-19-6-4-16-17-19/h4,6,10,20H,2-3,5,7-9H2,1H3/t10-,11+/m1/s1. The fraction of sp³-hybridized carbons (Fsp3) is 0.833. The maximum atomic E-state index is 12.7. The Morgan fingerprint density at radius 1 is 1.40 bits per heavy atom. The molecule has 1 saturated heterocycles. The van der Waals surface area contributed by atoms with E-state index in [4.69, 9.17) is 0 Å². The lowest BCUT2D eigenvalue weighted by Crippen LogP contribution is -2.53. The fourth-order valence-corrected chi connectivity index (χ4v) is 2.56. The molecule has 0 bridgehead atoms. The van der Waals surface area contributed by atoms with Gasteiger partial charge >= 0.3 is 6.18 Å². The van der Waals surface area contributed by atoms with E-state index in [9.17, 15) is 18.3 Å². The maximum Gasteiger partial charge on any atom is 0.418 e. The Bertz CT molecular complexity index is 419. The summed E-state index contributed by atoms with van der Waals surface area (Å²) in [5.74, 6) is 0.231. The molecule has 2 atom stereocenters. The van der Waals surface area contributed by atoms with Crippen molar-refractivity contribution in [3.8, 4) is 0 Å². The van der Waals surface area contributed by atoms with E-state index in [1.165, 1.54) is 0 Å². The van der Waals surface area contributed by atoms with Crippen LogP contribution in [0.25, 0.3) is 0 Å². The number of aliphatic hydroxyl groups is 1. The first kappa shape index (κ1) is 15.2. The number of aromatic nitrogens is 3. The van der Waals surface area contributed by atoms with Gasteiger partial charge in [-0.15, -0.1) is 5.10 Å². The molecule has 8 heteroatoms. The van der Waals surface area contributed by atoms with Gasteiger partial charge in [-0.3, -0.25) is 9.58 Å². The number of β-amino-alcohol motifs (C(OH)–C–C–N with tert-alkyl or cyclic N) is 1. The number of nitrogens with zero attached hydrogens (tertiary/aromatic N) is 4. The zero-order valence-corrected chi connectivity index (χ0v) is 11.3. The van der Waals surface area contributed by atoms with E-state index in [0.29, 0.717) is 19.6 Å². The smallest absolute Gasteiger partial charge is 0.380 e. The predicted octanol–water partition coefficient (Wildman–Crippen LogP) is 1.30. The van der Waals surface area contributed by atoms with E-state index < -0.39 is 11.8 Å². The molecule has 2 rings (SSSR count). The van der Waals surface area contributed by atoms with Crippen molar-refractivity contribution in [2.45, 2.75) is 38.1 Å². The normalized spacial score (nSPS) is 24.6. The summed E-state index contributed by atoms with van der Waals surface area (Å²) in [6.07, 6.45) is 0.490. The molecule has 5 nitrogen and oxygen atoms in total. The molecule has 0 aliphatic carbocycles. The van der Waals surface area contributed by atoms with Crippen LogP contribution in [0.4, 0.5) is 13.2 Å². The van der Waals surface area contributed by atoms with Gasteiger partial charge in [-0.25, -0.2) is 0 Å². The number of halogens is 3. The van der Waals surface area contributed by atoms with Crippen molar-refractivity contribution in [1.82, 2.24) is 19.9 Å². The van der Waals surface area contributed by atoms with Gasteiger partial charge in [-0.1, -0.05) is 5.21 Å². The Labute approximate surface area is 115 Å². The summed E-state index contributed by atoms with van der Waals surface area (Å²) in [7, 11) is 0. The molecule has 1 aliphatic heterocycles. The Morgan fingerprint density at radius 3 is 2.75 bits per heavy atom. The number of likely N-dealkylation sites (tertiary alicyclic amines) is 1. The second-order valence-corrected chi connectivity index (χ2v) is 5.64. The first-order valence-electron chi connectivity index (χ1n) is 6.63. The molecule has 2 heterocycles. The van der Waals surface area contributed by atoms with Crippen molar-refractivity contribution in [2.75, 3.05) is 19.6 Å². The van der Waals surface area contributed by atoms with E-state index in [1.54, 1.807) is 22.0 Å². The minimum atomic E-state index is -4.61. The highest BCUT2D eigenvalue weighted by Gasteiger charge is 2.50. The van der Waals surface area contributed by atoms with Crippen LogP contribution in [-0.2, 0) is 6.54 Å². The quantitative estimate of drug-likeness (QED) is 0.909. The average molecular weight is 292 g/mol. The zero-order chi connectivity index (χ0) is 14.8. The van der Waals surface area contributed by atoms with Gasteiger partial charge in [-0.05, 0) is 32.2 Å². The average Bonchev–Trinajstić information content (AvgIpc) is 2.80. The van der Waals surface area contributed by atoms with Crippen LogP contribution in [0, 0.1) is 5.92 Å². The van der Waals surface area contributed by atoms with E-state index in [2.05, 4.69) is 10.3 Å². The summed E-state index contributed by atoms with van der Waals surface area (Å²) in [5.41, 5.74) is -2.66. The zero-order valence-electron chi connectivity index (χ0n) is 11.3. The summed E-state index contributed by atoms with van der Waals surface area (Å²) in [6, 6.07) is 0. The van der Waals surface area contributed by atoms with Crippen molar-refractivity contribution in [3.05, 3.63) is 12.4 Å². The maximum absolute atomic E-state index is 12.7. The summed E-state index contributed by atoms with van der Waals surface area (Å²) in [4.78, 5) is 1.68. The van der Waals surface area contributed by atoms with E-state index in [-0.39, 0.29) is 12.5 Å². The van der Waals surface area contributed by atoms with Crippen LogP contribution < -0.4 is 0 Å². The SMILES string of the molecule is C[C@](O)(CN1CCC[C@@H](Cn2ccnn2)C1)C(F)(F)F. The van der Waals surface area contributed by atoms with Gasteiger partial charge in [0.15, 0.2) is 5.60 Å². The molecule has 1 aliphatic rings. The molecular weight excluding hydrogens is 273 g/mol. The van der Waals surface area contributed by atoms with Gasteiger partial charge in [-0.2, -0.15) is 13.2 Å². The molecule has 20 heavy (non-hydrogen) atoms. The summed E-state index contributed by atoms with van der Waals surface area (Å²) in [5, 5.41) is 17.1. The lowest BCUT2D eigenvalue weighted by atomic mass is 9.96. The lowest BCUT2D eigenvalue weighted by Gasteiger charge is -2.37. The molecule has 0 spiro atoms. The predicted molar refractivity (Wildman–Crippen MR) is 65.9 cm³/mol. The van der Waals surface area contributed by atoms with Crippen LogP contribution in [0.15, 0.2) is 12.4 Å². The molecule has 0 unspecified atom stereocenters. The highest BCUT2D eigenvalue weighted by molar-refractivity contribution is 4.87. The third kappa shape index (κ3) is 3.69. The van der Waals surface area contributed by atoms with Gasteiger partial charge in [0, 0.05) is 25.8 Å². The first-order chi connectivity index (χ1) is 9.28. The highest BCUT2D eigenvalue weighted by Crippen LogP contribution is 2.31. The molecule has 1 N–H and O–H groups in total. The molecule has 0 aromatic carbocycles. The molecule has 1 aromatic rings. The number of alkyl halides is 3. The Morgan fingerprint density at radius 2 is 2.15 bits per heavy atom. The molecule has 0 radical (unpaired) electrons. The van der Waals surface area contributed by atoms with Crippen LogP contribution in [0.2, 0.25) is 0 Å². The van der Waals surface area contributed by atoms with Crippen molar-refractivity contribution in [3.63, 3.8) is 0 Å². The largest absolute Gasteiger partial charge is 0.418 e. The van der Waals surface area contributed by atoms with Gasteiger partial charge in [0.2, 0.25) is 0 Å². The van der Waals surface area contributed by atoms with E-state index in [1.807, 2.05) is 0 Å². The van der Waals surface area contributed by atoms with Gasteiger partial charge in [0.05, 0.1) is 6.20 Å². The lowest BCUT2D eigenvalue weighted by molar-refractivity contribution is -0.258. The van der Waals surface area contributed by atoms with Crippen molar-refractivity contribution >= 4 is 0 Å². The highest BCUT2D eigenvalue weighted by atomic mass is 19.4. The monoisotopic (exact) mass is 292 g/mol. The minimum absolute atomic E-state index is 0.231. The number of hydrogen-bond acceptors (Lipinski definition) is 4.